The first-order valence-corrected chi connectivity index (χ1v) is 6.69. The van der Waals surface area contributed by atoms with Crippen LogP contribution in [-0.4, -0.2) is 34.5 Å². The molecule has 1 fully saturated rings. The van der Waals surface area contributed by atoms with Crippen LogP contribution in [0.15, 0.2) is 0 Å². The van der Waals surface area contributed by atoms with E-state index in [1.165, 1.54) is 4.90 Å². The molecule has 1 amide bonds. The van der Waals surface area contributed by atoms with Crippen molar-refractivity contribution < 1.29 is 14.7 Å². The number of carbonyl (C=O) groups is 2. The van der Waals surface area contributed by atoms with Gasteiger partial charge in [-0.15, -0.1) is 0 Å². The summed E-state index contributed by atoms with van der Waals surface area (Å²) in [7, 11) is 1.65. The van der Waals surface area contributed by atoms with E-state index in [2.05, 4.69) is 0 Å². The van der Waals surface area contributed by atoms with Gasteiger partial charge in [0.05, 0.1) is 0 Å². The van der Waals surface area contributed by atoms with Gasteiger partial charge in [-0.05, 0) is 18.3 Å². The highest BCUT2D eigenvalue weighted by Crippen LogP contribution is 2.34. The third-order valence-electron chi connectivity index (χ3n) is 3.78. The summed E-state index contributed by atoms with van der Waals surface area (Å²) in [6.07, 6.45) is 4.39. The lowest BCUT2D eigenvalue weighted by Gasteiger charge is -2.41. The number of aliphatic carboxylic acids is 1. The molecule has 18 heavy (non-hydrogen) atoms. The molecular formula is C14H25NO3. The fourth-order valence-electron chi connectivity index (χ4n) is 2.64. The summed E-state index contributed by atoms with van der Waals surface area (Å²) in [6.45, 7) is 5.98. The molecule has 1 aliphatic rings. The molecular weight excluding hydrogens is 230 g/mol. The molecule has 0 aromatic carbocycles. The first-order valence-electron chi connectivity index (χ1n) is 6.69. The highest BCUT2D eigenvalue weighted by molar-refractivity contribution is 5.87. The van der Waals surface area contributed by atoms with Gasteiger partial charge in [0.15, 0.2) is 0 Å². The molecule has 0 saturated heterocycles. The van der Waals surface area contributed by atoms with Crippen LogP contribution in [0.25, 0.3) is 0 Å². The fraction of sp³-hybridized carbons (Fsp3) is 0.857. The van der Waals surface area contributed by atoms with Crippen molar-refractivity contribution in [3.8, 4) is 0 Å². The van der Waals surface area contributed by atoms with Gasteiger partial charge in [-0.2, -0.15) is 0 Å². The SMILES string of the molecule is CN(C(=O)CC(C)(C)C)C1(C(=O)O)CCCCC1. The Morgan fingerprint density at radius 1 is 1.17 bits per heavy atom. The van der Waals surface area contributed by atoms with Crippen molar-refractivity contribution in [3.63, 3.8) is 0 Å². The van der Waals surface area contributed by atoms with Crippen LogP contribution in [-0.2, 0) is 9.59 Å². The van der Waals surface area contributed by atoms with E-state index >= 15 is 0 Å². The van der Waals surface area contributed by atoms with E-state index in [9.17, 15) is 14.7 Å². The number of rotatable bonds is 3. The van der Waals surface area contributed by atoms with E-state index in [0.717, 1.165) is 19.3 Å². The summed E-state index contributed by atoms with van der Waals surface area (Å²) in [4.78, 5) is 25.3. The molecule has 1 N–H and O–H groups in total. The predicted octanol–water partition coefficient (Wildman–Crippen LogP) is 2.67. The summed E-state index contributed by atoms with van der Waals surface area (Å²) in [5.74, 6) is -0.918. The summed E-state index contributed by atoms with van der Waals surface area (Å²) in [6, 6.07) is 0. The maximum absolute atomic E-state index is 12.2. The molecule has 0 atom stereocenters. The Kier molecular flexibility index (Phi) is 4.41. The lowest BCUT2D eigenvalue weighted by Crippen LogP contribution is -2.56. The first kappa shape index (κ1) is 15.0. The Labute approximate surface area is 109 Å². The van der Waals surface area contributed by atoms with E-state index < -0.39 is 11.5 Å². The zero-order valence-electron chi connectivity index (χ0n) is 12.0. The van der Waals surface area contributed by atoms with Crippen molar-refractivity contribution in [1.29, 1.82) is 0 Å². The van der Waals surface area contributed by atoms with E-state index in [1.807, 2.05) is 20.8 Å². The number of likely N-dealkylation sites (N-methyl/N-ethyl adjacent to an activating group) is 1. The highest BCUT2D eigenvalue weighted by Gasteiger charge is 2.45. The number of hydrogen-bond donors (Lipinski definition) is 1. The van der Waals surface area contributed by atoms with Crippen molar-refractivity contribution >= 4 is 11.9 Å². The monoisotopic (exact) mass is 255 g/mol. The molecule has 0 bridgehead atoms. The quantitative estimate of drug-likeness (QED) is 0.843. The highest BCUT2D eigenvalue weighted by atomic mass is 16.4. The molecule has 0 radical (unpaired) electrons. The van der Waals surface area contributed by atoms with E-state index in [1.54, 1.807) is 7.05 Å². The second-order valence-electron chi connectivity index (χ2n) is 6.59. The summed E-state index contributed by atoms with van der Waals surface area (Å²) in [5, 5.41) is 9.51. The normalized spacial score (nSPS) is 19.3. The van der Waals surface area contributed by atoms with Gasteiger partial charge in [0.25, 0.3) is 0 Å². The van der Waals surface area contributed by atoms with Crippen LogP contribution in [0.2, 0.25) is 0 Å². The van der Waals surface area contributed by atoms with Crippen LogP contribution in [0.4, 0.5) is 0 Å². The van der Waals surface area contributed by atoms with Crippen LogP contribution < -0.4 is 0 Å². The average Bonchev–Trinajstić information content (AvgIpc) is 2.26. The number of carbonyl (C=O) groups excluding carboxylic acids is 1. The van der Waals surface area contributed by atoms with Gasteiger partial charge in [0, 0.05) is 13.5 Å². The number of carboxylic acid groups (broad SMARTS) is 1. The molecule has 0 aromatic rings. The third-order valence-corrected chi connectivity index (χ3v) is 3.78. The molecule has 1 saturated carbocycles. The van der Waals surface area contributed by atoms with E-state index in [-0.39, 0.29) is 11.3 Å². The van der Waals surface area contributed by atoms with Gasteiger partial charge in [0.1, 0.15) is 5.54 Å². The van der Waals surface area contributed by atoms with Gasteiger partial charge < -0.3 is 10.0 Å². The number of carboxylic acids is 1. The van der Waals surface area contributed by atoms with E-state index in [4.69, 9.17) is 0 Å². The van der Waals surface area contributed by atoms with Gasteiger partial charge in [-0.3, -0.25) is 4.79 Å². The zero-order valence-corrected chi connectivity index (χ0v) is 12.0. The van der Waals surface area contributed by atoms with Crippen molar-refractivity contribution in [2.45, 2.75) is 64.8 Å². The molecule has 0 aromatic heterocycles. The van der Waals surface area contributed by atoms with Crippen molar-refractivity contribution in [1.82, 2.24) is 4.90 Å². The summed E-state index contributed by atoms with van der Waals surface area (Å²) in [5.41, 5.74) is -1.08. The second kappa shape index (κ2) is 5.29. The van der Waals surface area contributed by atoms with Crippen LogP contribution in [0.3, 0.4) is 0 Å². The molecule has 0 aliphatic heterocycles. The number of hydrogen-bond acceptors (Lipinski definition) is 2. The molecule has 4 nitrogen and oxygen atoms in total. The Morgan fingerprint density at radius 3 is 2.06 bits per heavy atom. The molecule has 0 unspecified atom stereocenters. The van der Waals surface area contributed by atoms with Gasteiger partial charge >= 0.3 is 5.97 Å². The largest absolute Gasteiger partial charge is 0.479 e. The predicted molar refractivity (Wildman–Crippen MR) is 70.3 cm³/mol. The van der Waals surface area contributed by atoms with Gasteiger partial charge in [-0.25, -0.2) is 4.79 Å². The zero-order chi connectivity index (χ0) is 14.0. The van der Waals surface area contributed by atoms with Crippen LogP contribution in [0.1, 0.15) is 59.3 Å². The Bertz CT molecular complexity index is 324. The Balaban J connectivity index is 2.86. The lowest BCUT2D eigenvalue weighted by atomic mass is 9.79. The standard InChI is InChI=1S/C14H25NO3/c1-13(2,3)10-11(16)15(4)14(12(17)18)8-6-5-7-9-14/h5-10H2,1-4H3,(H,17,18). The maximum atomic E-state index is 12.2. The minimum absolute atomic E-state index is 0.0631. The molecule has 0 spiro atoms. The lowest BCUT2D eigenvalue weighted by molar-refractivity contribution is -0.161. The van der Waals surface area contributed by atoms with Crippen LogP contribution in [0, 0.1) is 5.41 Å². The van der Waals surface area contributed by atoms with Gasteiger partial charge in [-0.1, -0.05) is 40.0 Å². The number of nitrogens with zero attached hydrogens (tertiary/aromatic N) is 1. The minimum atomic E-state index is -0.972. The van der Waals surface area contributed by atoms with Crippen molar-refractivity contribution in [3.05, 3.63) is 0 Å². The first-order chi connectivity index (χ1) is 8.19. The maximum Gasteiger partial charge on any atom is 0.329 e. The molecule has 4 heteroatoms. The van der Waals surface area contributed by atoms with Crippen molar-refractivity contribution in [2.75, 3.05) is 7.05 Å². The summed E-state index contributed by atoms with van der Waals surface area (Å²) >= 11 is 0. The van der Waals surface area contributed by atoms with Crippen molar-refractivity contribution in [2.24, 2.45) is 5.41 Å². The Morgan fingerprint density at radius 2 is 1.67 bits per heavy atom. The average molecular weight is 255 g/mol. The van der Waals surface area contributed by atoms with Gasteiger partial charge in [0.2, 0.25) is 5.91 Å². The third kappa shape index (κ3) is 3.24. The van der Waals surface area contributed by atoms with Crippen LogP contribution in [0.5, 0.6) is 0 Å². The molecule has 0 heterocycles. The topological polar surface area (TPSA) is 57.6 Å². The smallest absolute Gasteiger partial charge is 0.329 e. The fourth-order valence-corrected chi connectivity index (χ4v) is 2.64. The minimum Gasteiger partial charge on any atom is -0.479 e. The molecule has 1 rings (SSSR count). The second-order valence-corrected chi connectivity index (χ2v) is 6.59. The number of amides is 1. The van der Waals surface area contributed by atoms with Crippen LogP contribution >= 0.6 is 0 Å². The molecule has 104 valence electrons. The summed E-state index contributed by atoms with van der Waals surface area (Å²) < 4.78 is 0. The Hall–Kier alpha value is -1.06. The molecule has 1 aliphatic carbocycles. The van der Waals surface area contributed by atoms with E-state index in [0.29, 0.717) is 19.3 Å².